The molecule has 3 nitrogen and oxygen atoms in total. The Morgan fingerprint density at radius 3 is 2.75 bits per heavy atom. The minimum absolute atomic E-state index is 0.204. The number of Topliss-reactive ketones (excluding diaryl/α,β-unsaturated/α-hetero) is 1. The lowest BCUT2D eigenvalue weighted by Gasteiger charge is -1.95. The lowest BCUT2D eigenvalue weighted by atomic mass is 10.3. The van der Waals surface area contributed by atoms with Crippen LogP contribution in [-0.2, 0) is 18.9 Å². The Kier molecular flexibility index (Phi) is 3.01. The van der Waals surface area contributed by atoms with Crippen molar-refractivity contribution in [2.45, 2.75) is 12.1 Å². The van der Waals surface area contributed by atoms with E-state index in [4.69, 9.17) is 0 Å². The molecule has 0 N–H and O–H groups in total. The summed E-state index contributed by atoms with van der Waals surface area (Å²) >= 11 is 1.58. The van der Waals surface area contributed by atoms with Crippen molar-refractivity contribution in [3.05, 3.63) is 24.3 Å². The third-order valence-corrected chi connectivity index (χ3v) is 3.94. The van der Waals surface area contributed by atoms with Gasteiger partial charge in [-0.25, -0.2) is 9.13 Å². The van der Waals surface area contributed by atoms with E-state index in [0.29, 0.717) is 5.75 Å². The number of benzene rings is 1. The minimum Gasteiger partial charge on any atom is -0.299 e. The zero-order valence-electron chi connectivity index (χ0n) is 9.73. The van der Waals surface area contributed by atoms with Gasteiger partial charge < -0.3 is 0 Å². The van der Waals surface area contributed by atoms with Crippen LogP contribution in [0.1, 0.15) is 6.92 Å². The average molecular weight is 235 g/mol. The molecule has 16 heavy (non-hydrogen) atoms. The SMILES string of the molecule is CC(=O)CSc1n(C)c2ccccc2[n+]1C. The predicted molar refractivity (Wildman–Crippen MR) is 65.5 cm³/mol. The molecule has 0 spiro atoms. The van der Waals surface area contributed by atoms with Gasteiger partial charge in [0.05, 0.1) is 19.8 Å². The Balaban J connectivity index is 2.48. The number of aryl methyl sites for hydroxylation is 2. The van der Waals surface area contributed by atoms with E-state index in [9.17, 15) is 4.79 Å². The standard InChI is InChI=1S/C12H15N2OS/c1-9(15)8-16-12-13(2)10-6-4-5-7-11(10)14(12)3/h4-7H,8H2,1-3H3/q+1. The smallest absolute Gasteiger partial charge is 0.299 e. The molecule has 1 aromatic carbocycles. The Labute approximate surface area is 99.1 Å². The van der Waals surface area contributed by atoms with Crippen molar-refractivity contribution in [1.82, 2.24) is 4.57 Å². The van der Waals surface area contributed by atoms with Gasteiger partial charge in [0.2, 0.25) is 0 Å². The highest BCUT2D eigenvalue weighted by molar-refractivity contribution is 7.99. The second kappa shape index (κ2) is 4.29. The van der Waals surface area contributed by atoms with E-state index in [1.807, 2.05) is 26.2 Å². The average Bonchev–Trinajstić information content (AvgIpc) is 2.50. The Morgan fingerprint density at radius 1 is 1.44 bits per heavy atom. The van der Waals surface area contributed by atoms with Gasteiger partial charge in [0.15, 0.2) is 11.0 Å². The number of rotatable bonds is 3. The summed E-state index contributed by atoms with van der Waals surface area (Å²) in [4.78, 5) is 11.0. The minimum atomic E-state index is 0.204. The molecule has 0 atom stereocenters. The van der Waals surface area contributed by atoms with Gasteiger partial charge in [0.25, 0.3) is 0 Å². The number of imidazole rings is 1. The van der Waals surface area contributed by atoms with Crippen molar-refractivity contribution in [3.63, 3.8) is 0 Å². The number of ketones is 1. The number of thioether (sulfide) groups is 1. The number of fused-ring (bicyclic) bond motifs is 1. The number of carbonyl (C=O) groups is 1. The molecule has 2 aromatic rings. The molecular weight excluding hydrogens is 220 g/mol. The Morgan fingerprint density at radius 2 is 2.12 bits per heavy atom. The van der Waals surface area contributed by atoms with Crippen LogP contribution in [0.15, 0.2) is 29.4 Å². The molecule has 1 aromatic heterocycles. The second-order valence-corrected chi connectivity index (χ2v) is 4.82. The van der Waals surface area contributed by atoms with E-state index in [-0.39, 0.29) is 5.78 Å². The van der Waals surface area contributed by atoms with E-state index in [1.165, 1.54) is 11.0 Å². The largest absolute Gasteiger partial charge is 0.318 e. The first-order valence-electron chi connectivity index (χ1n) is 5.17. The van der Waals surface area contributed by atoms with E-state index in [2.05, 4.69) is 21.3 Å². The van der Waals surface area contributed by atoms with Crippen LogP contribution in [-0.4, -0.2) is 16.1 Å². The van der Waals surface area contributed by atoms with Crippen molar-refractivity contribution in [3.8, 4) is 0 Å². The Bertz CT molecular complexity index is 506. The highest BCUT2D eigenvalue weighted by Crippen LogP contribution is 2.20. The van der Waals surface area contributed by atoms with Gasteiger partial charge in [0, 0.05) is 0 Å². The lowest BCUT2D eigenvalue weighted by Crippen LogP contribution is -2.30. The summed E-state index contributed by atoms with van der Waals surface area (Å²) in [5.74, 6) is 0.730. The molecule has 0 unspecified atom stereocenters. The molecule has 0 bridgehead atoms. The van der Waals surface area contributed by atoms with Crippen molar-refractivity contribution in [2.24, 2.45) is 14.1 Å². The number of para-hydroxylation sites is 2. The van der Waals surface area contributed by atoms with Gasteiger partial charge in [-0.3, -0.25) is 4.79 Å². The number of nitrogens with zero attached hydrogens (tertiary/aromatic N) is 2. The van der Waals surface area contributed by atoms with Crippen molar-refractivity contribution in [2.75, 3.05) is 5.75 Å². The molecule has 0 aliphatic rings. The highest BCUT2D eigenvalue weighted by atomic mass is 32.2. The quantitative estimate of drug-likeness (QED) is 0.597. The first-order chi connectivity index (χ1) is 7.61. The molecule has 1 heterocycles. The van der Waals surface area contributed by atoms with Crippen LogP contribution in [0.2, 0.25) is 0 Å². The first-order valence-corrected chi connectivity index (χ1v) is 6.15. The molecule has 0 saturated carbocycles. The zero-order valence-corrected chi connectivity index (χ0v) is 10.5. The van der Waals surface area contributed by atoms with Crippen LogP contribution in [0.25, 0.3) is 11.0 Å². The molecule has 0 saturated heterocycles. The van der Waals surface area contributed by atoms with E-state index in [0.717, 1.165) is 5.16 Å². The summed E-state index contributed by atoms with van der Waals surface area (Å²) in [6.45, 7) is 1.62. The van der Waals surface area contributed by atoms with Gasteiger partial charge >= 0.3 is 5.16 Å². The van der Waals surface area contributed by atoms with Crippen LogP contribution < -0.4 is 4.57 Å². The maximum absolute atomic E-state index is 11.0. The van der Waals surface area contributed by atoms with E-state index >= 15 is 0 Å². The van der Waals surface area contributed by atoms with Crippen LogP contribution in [0.5, 0.6) is 0 Å². The van der Waals surface area contributed by atoms with Gasteiger partial charge in [0.1, 0.15) is 5.78 Å². The van der Waals surface area contributed by atoms with Crippen molar-refractivity contribution >= 4 is 28.6 Å². The predicted octanol–water partition coefficient (Wildman–Crippen LogP) is 1.68. The number of hydrogen-bond donors (Lipinski definition) is 0. The van der Waals surface area contributed by atoms with Crippen molar-refractivity contribution in [1.29, 1.82) is 0 Å². The molecule has 0 aliphatic carbocycles. The van der Waals surface area contributed by atoms with Crippen LogP contribution in [0, 0.1) is 0 Å². The summed E-state index contributed by atoms with van der Waals surface area (Å²) in [7, 11) is 4.07. The Hall–Kier alpha value is -1.29. The molecule has 0 fully saturated rings. The summed E-state index contributed by atoms with van der Waals surface area (Å²) in [5.41, 5.74) is 2.38. The van der Waals surface area contributed by atoms with Gasteiger partial charge in [-0.15, -0.1) is 0 Å². The summed E-state index contributed by atoms with van der Waals surface area (Å²) in [6.07, 6.45) is 0. The fourth-order valence-electron chi connectivity index (χ4n) is 1.82. The summed E-state index contributed by atoms with van der Waals surface area (Å²) in [5, 5.41) is 1.11. The van der Waals surface area contributed by atoms with Crippen LogP contribution in [0.3, 0.4) is 0 Å². The number of hydrogen-bond acceptors (Lipinski definition) is 2. The highest BCUT2D eigenvalue weighted by Gasteiger charge is 2.20. The zero-order chi connectivity index (χ0) is 11.7. The van der Waals surface area contributed by atoms with Crippen LogP contribution >= 0.6 is 11.8 Å². The first kappa shape index (κ1) is 11.2. The van der Waals surface area contributed by atoms with Crippen molar-refractivity contribution < 1.29 is 9.36 Å². The monoisotopic (exact) mass is 235 g/mol. The molecule has 2 rings (SSSR count). The molecule has 84 valence electrons. The summed E-state index contributed by atoms with van der Waals surface area (Å²) < 4.78 is 4.26. The number of carbonyl (C=O) groups excluding carboxylic acids is 1. The lowest BCUT2D eigenvalue weighted by molar-refractivity contribution is -0.685. The van der Waals surface area contributed by atoms with Crippen LogP contribution in [0.4, 0.5) is 0 Å². The van der Waals surface area contributed by atoms with E-state index in [1.54, 1.807) is 18.7 Å². The fraction of sp³-hybridized carbons (Fsp3) is 0.333. The number of aromatic nitrogens is 2. The maximum Gasteiger partial charge on any atom is 0.318 e. The third kappa shape index (κ3) is 1.85. The normalized spacial score (nSPS) is 10.9. The maximum atomic E-state index is 11.0. The fourth-order valence-corrected chi connectivity index (χ4v) is 2.74. The summed E-state index contributed by atoms with van der Waals surface area (Å²) in [6, 6.07) is 8.24. The second-order valence-electron chi connectivity index (χ2n) is 3.88. The van der Waals surface area contributed by atoms with Gasteiger partial charge in [-0.05, 0) is 30.8 Å². The van der Waals surface area contributed by atoms with Gasteiger partial charge in [-0.2, -0.15) is 0 Å². The third-order valence-electron chi connectivity index (χ3n) is 2.58. The molecule has 0 radical (unpaired) electrons. The topological polar surface area (TPSA) is 25.9 Å². The van der Waals surface area contributed by atoms with E-state index < -0.39 is 0 Å². The molecular formula is C12H15N2OS+. The molecule has 4 heteroatoms. The molecule has 0 amide bonds. The van der Waals surface area contributed by atoms with Gasteiger partial charge in [-0.1, -0.05) is 12.1 Å². The molecule has 0 aliphatic heterocycles.